The van der Waals surface area contributed by atoms with E-state index in [-0.39, 0.29) is 0 Å². The molecule has 2 aromatic rings. The minimum atomic E-state index is 1.07. The molecular formula is C12H13NS2. The Morgan fingerprint density at radius 2 is 2.00 bits per heavy atom. The van der Waals surface area contributed by atoms with Gasteiger partial charge >= 0.3 is 0 Å². The zero-order valence-electron chi connectivity index (χ0n) is 8.86. The molecule has 0 aliphatic carbocycles. The standard InChI is InChI=1S/C12H13NS2/c1-3-10-8-13-12(15-10)9-4-6-11(14-2)7-5-9/h4-8H,3H2,1-2H3. The minimum absolute atomic E-state index is 1.07. The molecule has 0 aliphatic rings. The maximum Gasteiger partial charge on any atom is 0.123 e. The van der Waals surface area contributed by atoms with Crippen LogP contribution in [-0.2, 0) is 6.42 Å². The van der Waals surface area contributed by atoms with Crippen molar-refractivity contribution in [3.05, 3.63) is 35.3 Å². The zero-order valence-corrected chi connectivity index (χ0v) is 10.5. The molecule has 0 unspecified atom stereocenters. The molecular weight excluding hydrogens is 222 g/mol. The molecule has 0 radical (unpaired) electrons. The van der Waals surface area contributed by atoms with E-state index in [2.05, 4.69) is 42.4 Å². The van der Waals surface area contributed by atoms with Crippen molar-refractivity contribution < 1.29 is 0 Å². The first-order valence-corrected chi connectivity index (χ1v) is 6.96. The van der Waals surface area contributed by atoms with Crippen LogP contribution < -0.4 is 0 Å². The second kappa shape index (κ2) is 4.81. The molecule has 0 atom stereocenters. The summed E-state index contributed by atoms with van der Waals surface area (Å²) in [6.45, 7) is 2.16. The molecule has 0 saturated carbocycles. The number of nitrogens with zero attached hydrogens (tertiary/aromatic N) is 1. The summed E-state index contributed by atoms with van der Waals surface area (Å²) >= 11 is 3.55. The van der Waals surface area contributed by atoms with Gasteiger partial charge in [0.2, 0.25) is 0 Å². The van der Waals surface area contributed by atoms with Crippen LogP contribution in [0, 0.1) is 0 Å². The Hall–Kier alpha value is -0.800. The third kappa shape index (κ3) is 2.41. The normalized spacial score (nSPS) is 10.5. The van der Waals surface area contributed by atoms with Crippen molar-refractivity contribution in [3.8, 4) is 10.6 Å². The highest BCUT2D eigenvalue weighted by Gasteiger charge is 2.03. The first-order chi connectivity index (χ1) is 7.33. The summed E-state index contributed by atoms with van der Waals surface area (Å²) < 4.78 is 0. The molecule has 0 amide bonds. The molecule has 0 saturated heterocycles. The molecule has 0 spiro atoms. The fourth-order valence-corrected chi connectivity index (χ4v) is 2.60. The van der Waals surface area contributed by atoms with Crippen molar-refractivity contribution in [1.29, 1.82) is 0 Å². The van der Waals surface area contributed by atoms with Crippen LogP contribution in [0.2, 0.25) is 0 Å². The smallest absolute Gasteiger partial charge is 0.123 e. The molecule has 15 heavy (non-hydrogen) atoms. The lowest BCUT2D eigenvalue weighted by atomic mass is 10.2. The molecule has 1 nitrogen and oxygen atoms in total. The largest absolute Gasteiger partial charge is 0.244 e. The van der Waals surface area contributed by atoms with Crippen molar-refractivity contribution in [3.63, 3.8) is 0 Å². The molecule has 1 aromatic heterocycles. The number of hydrogen-bond acceptors (Lipinski definition) is 3. The molecule has 2 rings (SSSR count). The fourth-order valence-electron chi connectivity index (χ4n) is 1.34. The Balaban J connectivity index is 2.28. The van der Waals surface area contributed by atoms with Crippen molar-refractivity contribution in [2.75, 3.05) is 6.26 Å². The number of rotatable bonds is 3. The van der Waals surface area contributed by atoms with Gasteiger partial charge in [0.15, 0.2) is 0 Å². The SMILES string of the molecule is CCc1cnc(-c2ccc(SC)cc2)s1. The topological polar surface area (TPSA) is 12.9 Å². The summed E-state index contributed by atoms with van der Waals surface area (Å²) in [5, 5.41) is 1.12. The second-order valence-electron chi connectivity index (χ2n) is 3.21. The number of thiazole rings is 1. The third-order valence-electron chi connectivity index (χ3n) is 2.24. The average molecular weight is 235 g/mol. The Kier molecular flexibility index (Phi) is 3.44. The van der Waals surface area contributed by atoms with Gasteiger partial charge in [-0.25, -0.2) is 4.98 Å². The number of aryl methyl sites for hydroxylation is 1. The van der Waals surface area contributed by atoms with Crippen molar-refractivity contribution in [2.24, 2.45) is 0 Å². The van der Waals surface area contributed by atoms with E-state index < -0.39 is 0 Å². The summed E-state index contributed by atoms with van der Waals surface area (Å²) in [5.41, 5.74) is 1.22. The second-order valence-corrected chi connectivity index (χ2v) is 5.21. The van der Waals surface area contributed by atoms with Gasteiger partial charge in [0.25, 0.3) is 0 Å². The summed E-state index contributed by atoms with van der Waals surface area (Å²) in [6.07, 6.45) is 5.14. The van der Waals surface area contributed by atoms with Gasteiger partial charge in [0.1, 0.15) is 5.01 Å². The average Bonchev–Trinajstić information content (AvgIpc) is 2.78. The Labute approximate surface area is 98.6 Å². The first kappa shape index (κ1) is 10.7. The predicted molar refractivity (Wildman–Crippen MR) is 68.7 cm³/mol. The predicted octanol–water partition coefficient (Wildman–Crippen LogP) is 4.09. The fraction of sp³-hybridized carbons (Fsp3) is 0.250. The highest BCUT2D eigenvalue weighted by Crippen LogP contribution is 2.27. The summed E-state index contributed by atoms with van der Waals surface area (Å²) in [4.78, 5) is 7.07. The maximum absolute atomic E-state index is 4.42. The quantitative estimate of drug-likeness (QED) is 0.743. The van der Waals surface area contributed by atoms with Gasteiger partial charge in [-0.15, -0.1) is 23.1 Å². The van der Waals surface area contributed by atoms with Crippen LogP contribution in [0.25, 0.3) is 10.6 Å². The lowest BCUT2D eigenvalue weighted by Gasteiger charge is -1.98. The van der Waals surface area contributed by atoms with Crippen molar-refractivity contribution in [1.82, 2.24) is 4.98 Å². The van der Waals surface area contributed by atoms with Gasteiger partial charge in [-0.1, -0.05) is 19.1 Å². The Morgan fingerprint density at radius 3 is 2.53 bits per heavy atom. The van der Waals surface area contributed by atoms with Crippen LogP contribution in [0.1, 0.15) is 11.8 Å². The Morgan fingerprint density at radius 1 is 1.27 bits per heavy atom. The highest BCUT2D eigenvalue weighted by molar-refractivity contribution is 7.98. The molecule has 0 N–H and O–H groups in total. The maximum atomic E-state index is 4.42. The van der Waals surface area contributed by atoms with Crippen LogP contribution >= 0.6 is 23.1 Å². The van der Waals surface area contributed by atoms with E-state index in [1.165, 1.54) is 15.3 Å². The lowest BCUT2D eigenvalue weighted by molar-refractivity contribution is 1.17. The van der Waals surface area contributed by atoms with Gasteiger partial charge in [-0.05, 0) is 24.8 Å². The number of benzene rings is 1. The van der Waals surface area contributed by atoms with Gasteiger partial charge in [-0.2, -0.15) is 0 Å². The van der Waals surface area contributed by atoms with Crippen LogP contribution in [0.3, 0.4) is 0 Å². The molecule has 1 heterocycles. The van der Waals surface area contributed by atoms with E-state index in [1.807, 2.05) is 6.20 Å². The van der Waals surface area contributed by atoms with E-state index in [9.17, 15) is 0 Å². The monoisotopic (exact) mass is 235 g/mol. The molecule has 78 valence electrons. The van der Waals surface area contributed by atoms with E-state index >= 15 is 0 Å². The summed E-state index contributed by atoms with van der Waals surface area (Å²) in [6, 6.07) is 8.58. The molecule has 0 aliphatic heterocycles. The van der Waals surface area contributed by atoms with Gasteiger partial charge in [0.05, 0.1) is 0 Å². The third-order valence-corrected chi connectivity index (χ3v) is 4.17. The van der Waals surface area contributed by atoms with E-state index in [4.69, 9.17) is 0 Å². The summed E-state index contributed by atoms with van der Waals surface area (Å²) in [7, 11) is 0. The molecule has 0 bridgehead atoms. The van der Waals surface area contributed by atoms with E-state index in [0.29, 0.717) is 0 Å². The number of hydrogen-bond donors (Lipinski definition) is 0. The van der Waals surface area contributed by atoms with Gasteiger partial charge in [-0.3, -0.25) is 0 Å². The lowest BCUT2D eigenvalue weighted by Crippen LogP contribution is -1.75. The Bertz CT molecular complexity index is 431. The van der Waals surface area contributed by atoms with E-state index in [0.717, 1.165) is 11.4 Å². The zero-order chi connectivity index (χ0) is 10.7. The van der Waals surface area contributed by atoms with Gasteiger partial charge < -0.3 is 0 Å². The summed E-state index contributed by atoms with van der Waals surface area (Å²) in [5.74, 6) is 0. The van der Waals surface area contributed by atoms with Crippen molar-refractivity contribution >= 4 is 23.1 Å². The van der Waals surface area contributed by atoms with Gasteiger partial charge in [0, 0.05) is 21.5 Å². The first-order valence-electron chi connectivity index (χ1n) is 4.92. The number of thioether (sulfide) groups is 1. The van der Waals surface area contributed by atoms with Crippen LogP contribution in [0.5, 0.6) is 0 Å². The van der Waals surface area contributed by atoms with Crippen molar-refractivity contribution in [2.45, 2.75) is 18.2 Å². The van der Waals surface area contributed by atoms with Crippen LogP contribution in [-0.4, -0.2) is 11.2 Å². The molecule has 0 fully saturated rings. The highest BCUT2D eigenvalue weighted by atomic mass is 32.2. The molecule has 1 aromatic carbocycles. The van der Waals surface area contributed by atoms with Crippen LogP contribution in [0.15, 0.2) is 35.4 Å². The van der Waals surface area contributed by atoms with E-state index in [1.54, 1.807) is 23.1 Å². The van der Waals surface area contributed by atoms with Crippen LogP contribution in [0.4, 0.5) is 0 Å². The minimum Gasteiger partial charge on any atom is -0.244 e. The number of aromatic nitrogens is 1. The molecule has 3 heteroatoms.